The highest BCUT2D eigenvalue weighted by Crippen LogP contribution is 2.30. The molecule has 0 atom stereocenters. The van der Waals surface area contributed by atoms with Gasteiger partial charge in [-0.25, -0.2) is 9.97 Å². The molecule has 2 aromatic rings. The highest BCUT2D eigenvalue weighted by molar-refractivity contribution is 5.42. The lowest BCUT2D eigenvalue weighted by Gasteiger charge is -2.19. The van der Waals surface area contributed by atoms with E-state index in [1.54, 1.807) is 6.33 Å². The molecule has 0 unspecified atom stereocenters. The van der Waals surface area contributed by atoms with Crippen LogP contribution in [-0.2, 0) is 13.0 Å². The van der Waals surface area contributed by atoms with Gasteiger partial charge in [-0.1, -0.05) is 26.0 Å². The summed E-state index contributed by atoms with van der Waals surface area (Å²) in [4.78, 5) is 8.69. The maximum atomic E-state index is 6.11. The summed E-state index contributed by atoms with van der Waals surface area (Å²) in [7, 11) is 0. The van der Waals surface area contributed by atoms with Gasteiger partial charge in [-0.15, -0.1) is 0 Å². The lowest BCUT2D eigenvalue weighted by molar-refractivity contribution is 0.440. The molecule has 0 amide bonds. The first-order valence-electron chi connectivity index (χ1n) is 7.47. The van der Waals surface area contributed by atoms with Crippen molar-refractivity contribution < 1.29 is 4.74 Å². The zero-order valence-electron chi connectivity index (χ0n) is 12.8. The number of hydrogen-bond acceptors (Lipinski definition) is 4. The van der Waals surface area contributed by atoms with E-state index in [-0.39, 0.29) is 0 Å². The Hall–Kier alpha value is -1.94. The average molecular weight is 283 g/mol. The Morgan fingerprint density at radius 1 is 1.24 bits per heavy atom. The third-order valence-corrected chi connectivity index (χ3v) is 3.92. The number of fused-ring (bicyclic) bond motifs is 1. The predicted octanol–water partition coefficient (Wildman–Crippen LogP) is 3.35. The van der Waals surface area contributed by atoms with Crippen molar-refractivity contribution in [1.82, 2.24) is 15.3 Å². The quantitative estimate of drug-likeness (QED) is 0.938. The molecule has 110 valence electrons. The van der Waals surface area contributed by atoms with Crippen molar-refractivity contribution in [3.05, 3.63) is 46.9 Å². The first kappa shape index (κ1) is 14.0. The van der Waals surface area contributed by atoms with E-state index in [0.29, 0.717) is 11.8 Å². The maximum absolute atomic E-state index is 6.11. The molecule has 0 spiro atoms. The first-order chi connectivity index (χ1) is 10.1. The minimum Gasteiger partial charge on any atom is -0.438 e. The zero-order valence-corrected chi connectivity index (χ0v) is 12.8. The van der Waals surface area contributed by atoms with Crippen molar-refractivity contribution in [3.63, 3.8) is 0 Å². The van der Waals surface area contributed by atoms with Gasteiger partial charge in [-0.3, -0.25) is 0 Å². The van der Waals surface area contributed by atoms with Gasteiger partial charge in [0.2, 0.25) is 5.88 Å². The smallest absolute Gasteiger partial charge is 0.227 e. The third kappa shape index (κ3) is 2.90. The van der Waals surface area contributed by atoms with Crippen LogP contribution in [0.15, 0.2) is 24.5 Å². The standard InChI is InChI=1S/C17H21N3O/c1-11(2)13-5-4-12(3)16(8-13)21-17-14-9-18-7-6-15(14)19-10-20-17/h4-5,8,10-11,18H,6-7,9H2,1-3H3. The van der Waals surface area contributed by atoms with Crippen LogP contribution in [0.3, 0.4) is 0 Å². The van der Waals surface area contributed by atoms with E-state index in [0.717, 1.165) is 42.1 Å². The summed E-state index contributed by atoms with van der Waals surface area (Å²) in [5.41, 5.74) is 4.57. The normalized spacial score (nSPS) is 14.1. The molecule has 4 heteroatoms. The van der Waals surface area contributed by atoms with Gasteiger partial charge in [0.05, 0.1) is 11.3 Å². The molecule has 3 rings (SSSR count). The molecular formula is C17H21N3O. The van der Waals surface area contributed by atoms with E-state index in [9.17, 15) is 0 Å². The highest BCUT2D eigenvalue weighted by Gasteiger charge is 2.17. The van der Waals surface area contributed by atoms with Gasteiger partial charge < -0.3 is 10.1 Å². The molecule has 21 heavy (non-hydrogen) atoms. The van der Waals surface area contributed by atoms with Gasteiger partial charge in [0.25, 0.3) is 0 Å². The van der Waals surface area contributed by atoms with Gasteiger partial charge in [0, 0.05) is 19.5 Å². The second-order valence-corrected chi connectivity index (χ2v) is 5.81. The molecule has 4 nitrogen and oxygen atoms in total. The molecule has 1 aromatic carbocycles. The molecule has 0 aliphatic carbocycles. The predicted molar refractivity (Wildman–Crippen MR) is 82.8 cm³/mol. The van der Waals surface area contributed by atoms with Crippen molar-refractivity contribution >= 4 is 0 Å². The summed E-state index contributed by atoms with van der Waals surface area (Å²) in [6, 6.07) is 6.38. The average Bonchev–Trinajstić information content (AvgIpc) is 2.49. The molecule has 0 radical (unpaired) electrons. The van der Waals surface area contributed by atoms with Crippen LogP contribution in [0.25, 0.3) is 0 Å². The fourth-order valence-electron chi connectivity index (χ4n) is 2.52. The lowest BCUT2D eigenvalue weighted by Crippen LogP contribution is -2.25. The summed E-state index contributed by atoms with van der Waals surface area (Å²) in [6.07, 6.45) is 2.53. The minimum atomic E-state index is 0.480. The molecule has 1 N–H and O–H groups in total. The van der Waals surface area contributed by atoms with Crippen LogP contribution in [0.1, 0.15) is 42.1 Å². The summed E-state index contributed by atoms with van der Waals surface area (Å²) in [6.45, 7) is 8.17. The van der Waals surface area contributed by atoms with E-state index in [1.165, 1.54) is 5.56 Å². The van der Waals surface area contributed by atoms with Gasteiger partial charge >= 0.3 is 0 Å². The second-order valence-electron chi connectivity index (χ2n) is 5.81. The van der Waals surface area contributed by atoms with Gasteiger partial charge in [0.15, 0.2) is 0 Å². The summed E-state index contributed by atoms with van der Waals surface area (Å²) < 4.78 is 6.11. The Balaban J connectivity index is 1.95. The Morgan fingerprint density at radius 3 is 2.90 bits per heavy atom. The van der Waals surface area contributed by atoms with Crippen LogP contribution in [0.2, 0.25) is 0 Å². The molecular weight excluding hydrogens is 262 g/mol. The van der Waals surface area contributed by atoms with Crippen LogP contribution in [0.5, 0.6) is 11.6 Å². The number of benzene rings is 1. The number of ether oxygens (including phenoxy) is 1. The van der Waals surface area contributed by atoms with Crippen LogP contribution >= 0.6 is 0 Å². The van der Waals surface area contributed by atoms with E-state index in [1.807, 2.05) is 0 Å². The summed E-state index contributed by atoms with van der Waals surface area (Å²) in [5, 5.41) is 3.35. The molecule has 0 fully saturated rings. The summed E-state index contributed by atoms with van der Waals surface area (Å²) in [5.74, 6) is 2.04. The Morgan fingerprint density at radius 2 is 2.10 bits per heavy atom. The number of nitrogens with zero attached hydrogens (tertiary/aromatic N) is 2. The van der Waals surface area contributed by atoms with E-state index < -0.39 is 0 Å². The Kier molecular flexibility index (Phi) is 3.88. The van der Waals surface area contributed by atoms with Gasteiger partial charge in [-0.05, 0) is 30.0 Å². The fraction of sp³-hybridized carbons (Fsp3) is 0.412. The van der Waals surface area contributed by atoms with Gasteiger partial charge in [0.1, 0.15) is 12.1 Å². The molecule has 1 aromatic heterocycles. The summed E-state index contributed by atoms with van der Waals surface area (Å²) >= 11 is 0. The Labute approximate surface area is 125 Å². The van der Waals surface area contributed by atoms with Crippen LogP contribution in [0.4, 0.5) is 0 Å². The molecule has 2 heterocycles. The van der Waals surface area contributed by atoms with Gasteiger partial charge in [-0.2, -0.15) is 0 Å². The SMILES string of the molecule is Cc1ccc(C(C)C)cc1Oc1ncnc2c1CNCC2. The molecule has 1 aliphatic heterocycles. The first-order valence-corrected chi connectivity index (χ1v) is 7.47. The highest BCUT2D eigenvalue weighted by atomic mass is 16.5. The molecule has 0 bridgehead atoms. The van der Waals surface area contributed by atoms with E-state index in [4.69, 9.17) is 4.74 Å². The monoisotopic (exact) mass is 283 g/mol. The topological polar surface area (TPSA) is 47.0 Å². The van der Waals surface area contributed by atoms with Crippen molar-refractivity contribution in [2.45, 2.75) is 39.7 Å². The van der Waals surface area contributed by atoms with Crippen molar-refractivity contribution in [1.29, 1.82) is 0 Å². The van der Waals surface area contributed by atoms with Crippen molar-refractivity contribution in [2.24, 2.45) is 0 Å². The van der Waals surface area contributed by atoms with E-state index >= 15 is 0 Å². The molecule has 0 saturated heterocycles. The molecule has 0 saturated carbocycles. The number of hydrogen-bond donors (Lipinski definition) is 1. The zero-order chi connectivity index (χ0) is 14.8. The fourth-order valence-corrected chi connectivity index (χ4v) is 2.52. The van der Waals surface area contributed by atoms with Crippen LogP contribution in [0, 0.1) is 6.92 Å². The number of nitrogens with one attached hydrogen (secondary N) is 1. The van der Waals surface area contributed by atoms with Crippen LogP contribution in [-0.4, -0.2) is 16.5 Å². The largest absolute Gasteiger partial charge is 0.438 e. The number of rotatable bonds is 3. The number of aryl methyl sites for hydroxylation is 1. The maximum Gasteiger partial charge on any atom is 0.227 e. The second kappa shape index (κ2) is 5.82. The Bertz CT molecular complexity index is 652. The lowest BCUT2D eigenvalue weighted by atomic mass is 10.0. The van der Waals surface area contributed by atoms with Crippen molar-refractivity contribution in [3.8, 4) is 11.6 Å². The number of aromatic nitrogens is 2. The van der Waals surface area contributed by atoms with E-state index in [2.05, 4.69) is 54.3 Å². The molecule has 1 aliphatic rings. The van der Waals surface area contributed by atoms with Crippen molar-refractivity contribution in [2.75, 3.05) is 6.54 Å². The minimum absolute atomic E-state index is 0.480. The third-order valence-electron chi connectivity index (χ3n) is 3.92. The van der Waals surface area contributed by atoms with Crippen LogP contribution < -0.4 is 10.1 Å².